The summed E-state index contributed by atoms with van der Waals surface area (Å²) in [7, 11) is 0. The maximum Gasteiger partial charge on any atom is 0.242 e. The molecule has 0 aromatic heterocycles. The third-order valence-electron chi connectivity index (χ3n) is 2.21. The van der Waals surface area contributed by atoms with Gasteiger partial charge in [0.1, 0.15) is 6.04 Å². The molecule has 104 valence electrons. The molecule has 1 amide bonds. The number of hydrogen-bond acceptors (Lipinski definition) is 2. The Labute approximate surface area is 127 Å². The Bertz CT molecular complexity index is 462. The van der Waals surface area contributed by atoms with Gasteiger partial charge in [0.2, 0.25) is 5.91 Å². The van der Waals surface area contributed by atoms with E-state index >= 15 is 0 Å². The van der Waals surface area contributed by atoms with Gasteiger partial charge in [-0.05, 0) is 44.3 Å². The number of carbonyl (C=O) groups excluding carboxylic acids is 1. The highest BCUT2D eigenvalue weighted by Gasteiger charge is 2.12. The Morgan fingerprint density at radius 3 is 2.42 bits per heavy atom. The molecule has 19 heavy (non-hydrogen) atoms. The van der Waals surface area contributed by atoms with E-state index in [4.69, 9.17) is 35.4 Å². The average Bonchev–Trinajstić information content (AvgIpc) is 2.27. The smallest absolute Gasteiger partial charge is 0.242 e. The van der Waals surface area contributed by atoms with Crippen LogP contribution in [0.3, 0.4) is 0 Å². The first kappa shape index (κ1) is 16.0. The zero-order valence-corrected chi connectivity index (χ0v) is 12.9. The molecule has 0 heterocycles. The maximum atomic E-state index is 11.5. The molecule has 0 unspecified atom stereocenters. The fourth-order valence-corrected chi connectivity index (χ4v) is 2.20. The van der Waals surface area contributed by atoms with E-state index in [1.54, 1.807) is 25.1 Å². The molecule has 1 rings (SSSR count). The average molecular weight is 320 g/mol. The van der Waals surface area contributed by atoms with Crippen molar-refractivity contribution in [3.63, 3.8) is 0 Å². The van der Waals surface area contributed by atoms with Crippen LogP contribution in [0.25, 0.3) is 0 Å². The van der Waals surface area contributed by atoms with E-state index in [9.17, 15) is 4.79 Å². The van der Waals surface area contributed by atoms with Crippen LogP contribution in [-0.4, -0.2) is 23.6 Å². The highest BCUT2D eigenvalue weighted by atomic mass is 35.5. The van der Waals surface area contributed by atoms with E-state index in [0.29, 0.717) is 27.4 Å². The molecular weight excluding hydrogens is 305 g/mol. The van der Waals surface area contributed by atoms with Gasteiger partial charge in [-0.15, -0.1) is 0 Å². The first-order valence-corrected chi connectivity index (χ1v) is 6.90. The van der Waals surface area contributed by atoms with E-state index in [-0.39, 0.29) is 5.91 Å². The van der Waals surface area contributed by atoms with Crippen molar-refractivity contribution in [3.8, 4) is 0 Å². The van der Waals surface area contributed by atoms with Crippen LogP contribution in [0, 0.1) is 0 Å². The first-order chi connectivity index (χ1) is 8.92. The number of anilines is 1. The number of nitrogens with one attached hydrogen (secondary N) is 3. The minimum Gasteiger partial charge on any atom is -0.355 e. The van der Waals surface area contributed by atoms with Crippen molar-refractivity contribution in [3.05, 3.63) is 28.2 Å². The minimum atomic E-state index is -0.422. The fraction of sp³-hybridized carbons (Fsp3) is 0.333. The summed E-state index contributed by atoms with van der Waals surface area (Å²) >= 11 is 16.9. The highest BCUT2D eigenvalue weighted by Crippen LogP contribution is 2.22. The van der Waals surface area contributed by atoms with Crippen molar-refractivity contribution in [1.29, 1.82) is 0 Å². The lowest BCUT2D eigenvalue weighted by atomic mass is 10.3. The van der Waals surface area contributed by atoms with Crippen LogP contribution >= 0.6 is 35.4 Å². The lowest BCUT2D eigenvalue weighted by molar-refractivity contribution is -0.122. The van der Waals surface area contributed by atoms with Crippen molar-refractivity contribution >= 4 is 52.1 Å². The Kier molecular flexibility index (Phi) is 6.34. The molecular formula is C12H15Cl2N3OS. The molecule has 0 aliphatic rings. The molecule has 0 bridgehead atoms. The van der Waals surface area contributed by atoms with Gasteiger partial charge in [0.05, 0.1) is 0 Å². The third-order valence-corrected chi connectivity index (χ3v) is 2.87. The fourth-order valence-electron chi connectivity index (χ4n) is 1.38. The molecule has 1 atom stereocenters. The molecule has 0 saturated heterocycles. The van der Waals surface area contributed by atoms with Gasteiger partial charge in [0.15, 0.2) is 5.11 Å². The molecule has 0 aliphatic carbocycles. The number of amides is 1. The summed E-state index contributed by atoms with van der Waals surface area (Å²) in [6.45, 7) is 4.16. The van der Waals surface area contributed by atoms with Crippen molar-refractivity contribution in [1.82, 2.24) is 10.6 Å². The maximum absolute atomic E-state index is 11.5. The number of halogens is 2. The Morgan fingerprint density at radius 2 is 1.89 bits per heavy atom. The number of thiocarbonyl (C=S) groups is 1. The molecule has 1 aromatic rings. The van der Waals surface area contributed by atoms with Gasteiger partial charge >= 0.3 is 0 Å². The molecule has 1 aromatic carbocycles. The molecule has 0 aliphatic heterocycles. The van der Waals surface area contributed by atoms with Gasteiger partial charge in [-0.2, -0.15) is 0 Å². The van der Waals surface area contributed by atoms with Gasteiger partial charge < -0.3 is 16.0 Å². The topological polar surface area (TPSA) is 53.2 Å². The molecule has 4 nitrogen and oxygen atoms in total. The van der Waals surface area contributed by atoms with Crippen LogP contribution in [-0.2, 0) is 4.79 Å². The second-order valence-corrected chi connectivity index (χ2v) is 5.15. The van der Waals surface area contributed by atoms with Crippen molar-refractivity contribution < 1.29 is 4.79 Å². The standard InChI is InChI=1S/C12H15Cl2N3OS/c1-3-15-11(18)7(2)16-12(19)17-10-5-8(13)4-9(14)6-10/h4-7H,3H2,1-2H3,(H,15,18)(H2,16,17,19)/t7-/m1/s1. The van der Waals surface area contributed by atoms with Crippen molar-refractivity contribution in [2.24, 2.45) is 0 Å². The summed E-state index contributed by atoms with van der Waals surface area (Å²) in [5, 5.41) is 9.85. The van der Waals surface area contributed by atoms with Gasteiger partial charge in [-0.3, -0.25) is 4.79 Å². The SMILES string of the molecule is CCNC(=O)[C@@H](C)NC(=S)Nc1cc(Cl)cc(Cl)c1. The van der Waals surface area contributed by atoms with Crippen LogP contribution in [0.15, 0.2) is 18.2 Å². The number of carbonyl (C=O) groups is 1. The van der Waals surface area contributed by atoms with E-state index in [2.05, 4.69) is 16.0 Å². The molecule has 0 saturated carbocycles. The molecule has 0 fully saturated rings. The van der Waals surface area contributed by atoms with Gasteiger partial charge in [0, 0.05) is 22.3 Å². The van der Waals surface area contributed by atoms with Crippen molar-refractivity contribution in [2.45, 2.75) is 19.9 Å². The number of rotatable bonds is 4. The summed E-state index contributed by atoms with van der Waals surface area (Å²) in [5.41, 5.74) is 0.665. The van der Waals surface area contributed by atoms with Gasteiger partial charge in [0.25, 0.3) is 0 Å². The van der Waals surface area contributed by atoms with Crippen LogP contribution < -0.4 is 16.0 Å². The van der Waals surface area contributed by atoms with Crippen molar-refractivity contribution in [2.75, 3.05) is 11.9 Å². The largest absolute Gasteiger partial charge is 0.355 e. The molecule has 3 N–H and O–H groups in total. The van der Waals surface area contributed by atoms with E-state index < -0.39 is 6.04 Å². The second-order valence-electron chi connectivity index (χ2n) is 3.87. The zero-order chi connectivity index (χ0) is 14.4. The summed E-state index contributed by atoms with van der Waals surface area (Å²) in [4.78, 5) is 11.5. The molecule has 0 spiro atoms. The zero-order valence-electron chi connectivity index (χ0n) is 10.6. The summed E-state index contributed by atoms with van der Waals surface area (Å²) in [6.07, 6.45) is 0. The highest BCUT2D eigenvalue weighted by molar-refractivity contribution is 7.80. The Morgan fingerprint density at radius 1 is 1.32 bits per heavy atom. The lowest BCUT2D eigenvalue weighted by Gasteiger charge is -2.16. The quantitative estimate of drug-likeness (QED) is 0.747. The Balaban J connectivity index is 2.57. The monoisotopic (exact) mass is 319 g/mol. The van der Waals surface area contributed by atoms with Gasteiger partial charge in [-0.25, -0.2) is 0 Å². The van der Waals surface area contributed by atoms with Crippen LogP contribution in [0.5, 0.6) is 0 Å². The van der Waals surface area contributed by atoms with Crippen LogP contribution in [0.1, 0.15) is 13.8 Å². The minimum absolute atomic E-state index is 0.115. The third kappa shape index (κ3) is 5.63. The molecule has 0 radical (unpaired) electrons. The number of hydrogen-bond donors (Lipinski definition) is 3. The van der Waals surface area contributed by atoms with E-state index in [1.807, 2.05) is 6.92 Å². The Hall–Kier alpha value is -1.04. The lowest BCUT2D eigenvalue weighted by Crippen LogP contribution is -2.46. The van der Waals surface area contributed by atoms with Crippen LogP contribution in [0.4, 0.5) is 5.69 Å². The van der Waals surface area contributed by atoms with E-state index in [1.165, 1.54) is 0 Å². The predicted octanol–water partition coefficient (Wildman–Crippen LogP) is 2.80. The van der Waals surface area contributed by atoms with Gasteiger partial charge in [-0.1, -0.05) is 23.2 Å². The predicted molar refractivity (Wildman–Crippen MR) is 84.0 cm³/mol. The first-order valence-electron chi connectivity index (χ1n) is 5.73. The number of likely N-dealkylation sites (N-methyl/N-ethyl adjacent to an activating group) is 1. The van der Waals surface area contributed by atoms with E-state index in [0.717, 1.165) is 0 Å². The normalized spacial score (nSPS) is 11.6. The van der Waals surface area contributed by atoms with Crippen LogP contribution in [0.2, 0.25) is 10.0 Å². The molecule has 7 heteroatoms. The summed E-state index contributed by atoms with van der Waals surface area (Å²) in [6, 6.07) is 4.59. The number of benzene rings is 1. The summed E-state index contributed by atoms with van der Waals surface area (Å²) in [5.74, 6) is -0.115. The second kappa shape index (κ2) is 7.53. The summed E-state index contributed by atoms with van der Waals surface area (Å²) < 4.78 is 0.